The Hall–Kier alpha value is -1.02. The molecule has 2 rings (SSSR count). The van der Waals surface area contributed by atoms with Gasteiger partial charge in [-0.05, 0) is 56.3 Å². The molecule has 0 saturated carbocycles. The number of benzene rings is 1. The van der Waals surface area contributed by atoms with E-state index in [9.17, 15) is 0 Å². The van der Waals surface area contributed by atoms with Gasteiger partial charge in [0.15, 0.2) is 5.96 Å². The van der Waals surface area contributed by atoms with E-state index in [1.165, 1.54) is 38.0 Å². The summed E-state index contributed by atoms with van der Waals surface area (Å²) in [5.74, 6) is 2.68. The van der Waals surface area contributed by atoms with Gasteiger partial charge in [0.2, 0.25) is 0 Å². The van der Waals surface area contributed by atoms with Gasteiger partial charge in [-0.25, -0.2) is 0 Å². The van der Waals surface area contributed by atoms with E-state index in [1.54, 1.807) is 7.11 Å². The minimum absolute atomic E-state index is 0. The average molecular weight is 474 g/mol. The van der Waals surface area contributed by atoms with Crippen LogP contribution in [-0.4, -0.2) is 57.7 Å². The molecule has 26 heavy (non-hydrogen) atoms. The van der Waals surface area contributed by atoms with Gasteiger partial charge >= 0.3 is 0 Å². The summed E-state index contributed by atoms with van der Waals surface area (Å²) in [6.45, 7) is 7.85. The molecule has 1 saturated heterocycles. The van der Waals surface area contributed by atoms with E-state index < -0.39 is 0 Å². The van der Waals surface area contributed by atoms with E-state index in [4.69, 9.17) is 4.74 Å². The smallest absolute Gasteiger partial charge is 0.190 e. The average Bonchev–Trinajstić information content (AvgIpc) is 2.64. The number of hydrogen-bond donors (Lipinski definition) is 2. The lowest BCUT2D eigenvalue weighted by atomic mass is 10.0. The maximum atomic E-state index is 5.40. The molecule has 1 heterocycles. The quantitative estimate of drug-likeness (QED) is 0.263. The Kier molecular flexibility index (Phi) is 11.7. The first-order valence-electron chi connectivity index (χ1n) is 9.51. The van der Waals surface area contributed by atoms with Crippen LogP contribution in [0.4, 0.5) is 0 Å². The lowest BCUT2D eigenvalue weighted by molar-refractivity contribution is 0.182. The molecule has 1 fully saturated rings. The van der Waals surface area contributed by atoms with Crippen molar-refractivity contribution in [3.63, 3.8) is 0 Å². The number of likely N-dealkylation sites (tertiary alicyclic amines) is 1. The second-order valence-electron chi connectivity index (χ2n) is 6.89. The molecule has 1 aromatic carbocycles. The molecule has 148 valence electrons. The Balaban J connectivity index is 0.00000338. The zero-order valence-electron chi connectivity index (χ0n) is 16.5. The SMILES string of the molecule is CN=C(NCCCN1CCCC(C)C1)NCCc1ccccc1OC.I. The van der Waals surface area contributed by atoms with Gasteiger partial charge < -0.3 is 20.3 Å². The van der Waals surface area contributed by atoms with Crippen LogP contribution in [-0.2, 0) is 6.42 Å². The first kappa shape index (κ1) is 23.0. The Morgan fingerprint density at radius 2 is 2.04 bits per heavy atom. The highest BCUT2D eigenvalue weighted by Gasteiger charge is 2.15. The lowest BCUT2D eigenvalue weighted by Gasteiger charge is -2.30. The number of para-hydroxylation sites is 1. The van der Waals surface area contributed by atoms with Crippen molar-refractivity contribution < 1.29 is 4.74 Å². The van der Waals surface area contributed by atoms with Crippen molar-refractivity contribution in [2.24, 2.45) is 10.9 Å². The van der Waals surface area contributed by atoms with Crippen molar-refractivity contribution >= 4 is 29.9 Å². The Morgan fingerprint density at radius 1 is 1.27 bits per heavy atom. The third-order valence-electron chi connectivity index (χ3n) is 4.79. The number of hydrogen-bond acceptors (Lipinski definition) is 3. The first-order chi connectivity index (χ1) is 12.2. The van der Waals surface area contributed by atoms with E-state index in [-0.39, 0.29) is 24.0 Å². The van der Waals surface area contributed by atoms with Crippen LogP contribution in [0.1, 0.15) is 31.7 Å². The third-order valence-corrected chi connectivity index (χ3v) is 4.79. The molecule has 0 spiro atoms. The zero-order valence-corrected chi connectivity index (χ0v) is 18.8. The summed E-state index contributed by atoms with van der Waals surface area (Å²) in [7, 11) is 3.54. The molecule has 0 bridgehead atoms. The molecule has 0 aliphatic carbocycles. The Bertz CT molecular complexity index is 538. The van der Waals surface area contributed by atoms with Crippen LogP contribution >= 0.6 is 24.0 Å². The van der Waals surface area contributed by atoms with Crippen molar-refractivity contribution in [3.05, 3.63) is 29.8 Å². The molecule has 1 unspecified atom stereocenters. The minimum Gasteiger partial charge on any atom is -0.496 e. The van der Waals surface area contributed by atoms with Crippen molar-refractivity contribution in [3.8, 4) is 5.75 Å². The topological polar surface area (TPSA) is 48.9 Å². The second-order valence-corrected chi connectivity index (χ2v) is 6.89. The number of rotatable bonds is 8. The van der Waals surface area contributed by atoms with E-state index in [2.05, 4.69) is 33.5 Å². The monoisotopic (exact) mass is 474 g/mol. The molecule has 0 amide bonds. The summed E-state index contributed by atoms with van der Waals surface area (Å²) in [5, 5.41) is 6.80. The van der Waals surface area contributed by atoms with Crippen LogP contribution < -0.4 is 15.4 Å². The molecule has 1 aromatic rings. The zero-order chi connectivity index (χ0) is 17.9. The van der Waals surface area contributed by atoms with Crippen molar-refractivity contribution in [2.75, 3.05) is 46.9 Å². The number of nitrogens with zero attached hydrogens (tertiary/aromatic N) is 2. The van der Waals surface area contributed by atoms with Gasteiger partial charge in [0.1, 0.15) is 5.75 Å². The molecule has 5 nitrogen and oxygen atoms in total. The maximum Gasteiger partial charge on any atom is 0.190 e. The molecule has 1 aliphatic rings. The van der Waals surface area contributed by atoms with Crippen molar-refractivity contribution in [1.29, 1.82) is 0 Å². The number of methoxy groups -OCH3 is 1. The van der Waals surface area contributed by atoms with Crippen LogP contribution in [0, 0.1) is 5.92 Å². The highest BCUT2D eigenvalue weighted by Crippen LogP contribution is 2.17. The molecule has 0 aromatic heterocycles. The van der Waals surface area contributed by atoms with E-state index in [1.807, 2.05) is 25.2 Å². The summed E-state index contributed by atoms with van der Waals surface area (Å²) in [5.41, 5.74) is 1.21. The largest absolute Gasteiger partial charge is 0.496 e. The summed E-state index contributed by atoms with van der Waals surface area (Å²) >= 11 is 0. The second kappa shape index (κ2) is 13.2. The fourth-order valence-corrected chi connectivity index (χ4v) is 3.44. The summed E-state index contributed by atoms with van der Waals surface area (Å²) in [4.78, 5) is 6.90. The van der Waals surface area contributed by atoms with Gasteiger partial charge in [-0.1, -0.05) is 25.1 Å². The molecule has 2 N–H and O–H groups in total. The number of piperidine rings is 1. The van der Waals surface area contributed by atoms with E-state index >= 15 is 0 Å². The van der Waals surface area contributed by atoms with Gasteiger partial charge in [0.25, 0.3) is 0 Å². The molecular formula is C20H35IN4O. The molecule has 6 heteroatoms. The number of halogens is 1. The highest BCUT2D eigenvalue weighted by molar-refractivity contribution is 14.0. The molecular weight excluding hydrogens is 439 g/mol. The number of guanidine groups is 1. The van der Waals surface area contributed by atoms with Crippen LogP contribution in [0.15, 0.2) is 29.3 Å². The Labute approximate surface area is 176 Å². The number of aliphatic imine (C=N–C) groups is 1. The fraction of sp³-hybridized carbons (Fsp3) is 0.650. The Morgan fingerprint density at radius 3 is 2.77 bits per heavy atom. The summed E-state index contributed by atoms with van der Waals surface area (Å²) in [6, 6.07) is 8.16. The summed E-state index contributed by atoms with van der Waals surface area (Å²) in [6.07, 6.45) is 4.80. The summed E-state index contributed by atoms with van der Waals surface area (Å²) < 4.78 is 5.40. The van der Waals surface area contributed by atoms with Crippen LogP contribution in [0.5, 0.6) is 5.75 Å². The number of nitrogens with one attached hydrogen (secondary N) is 2. The van der Waals surface area contributed by atoms with Gasteiger partial charge in [-0.3, -0.25) is 4.99 Å². The standard InChI is InChI=1S/C20H34N4O.HI/c1-17-8-6-14-24(16-17)15-7-12-22-20(21-2)23-13-11-18-9-4-5-10-19(18)25-3;/h4-5,9-10,17H,6-8,11-16H2,1-3H3,(H2,21,22,23);1H. The fourth-order valence-electron chi connectivity index (χ4n) is 3.44. The predicted octanol–water partition coefficient (Wildman–Crippen LogP) is 3.14. The molecule has 1 aliphatic heterocycles. The van der Waals surface area contributed by atoms with Crippen molar-refractivity contribution in [2.45, 2.75) is 32.6 Å². The third kappa shape index (κ3) is 8.12. The maximum absolute atomic E-state index is 5.40. The highest BCUT2D eigenvalue weighted by atomic mass is 127. The molecule has 0 radical (unpaired) electrons. The van der Waals surface area contributed by atoms with Gasteiger partial charge in [0.05, 0.1) is 7.11 Å². The van der Waals surface area contributed by atoms with Crippen LogP contribution in [0.2, 0.25) is 0 Å². The predicted molar refractivity (Wildman–Crippen MR) is 121 cm³/mol. The van der Waals surface area contributed by atoms with Gasteiger partial charge in [0, 0.05) is 26.7 Å². The van der Waals surface area contributed by atoms with Crippen LogP contribution in [0.25, 0.3) is 0 Å². The van der Waals surface area contributed by atoms with E-state index in [0.29, 0.717) is 0 Å². The minimum atomic E-state index is 0. The number of ether oxygens (including phenoxy) is 1. The van der Waals surface area contributed by atoms with Gasteiger partial charge in [-0.15, -0.1) is 24.0 Å². The van der Waals surface area contributed by atoms with Crippen molar-refractivity contribution in [1.82, 2.24) is 15.5 Å². The van der Waals surface area contributed by atoms with Crippen LogP contribution in [0.3, 0.4) is 0 Å². The first-order valence-corrected chi connectivity index (χ1v) is 9.51. The lowest BCUT2D eigenvalue weighted by Crippen LogP contribution is -2.40. The molecule has 1 atom stereocenters. The van der Waals surface area contributed by atoms with Gasteiger partial charge in [-0.2, -0.15) is 0 Å². The normalized spacial score (nSPS) is 18.1. The van der Waals surface area contributed by atoms with E-state index in [0.717, 1.165) is 43.6 Å².